The average molecular weight is 337 g/mol. The van der Waals surface area contributed by atoms with Crippen molar-refractivity contribution in [3.05, 3.63) is 0 Å². The SMILES string of the molecule is COC(=O)C1(OC)CC(O)C(NC(C)=O)C(C(O)C(O)CO)O1. The smallest absolute Gasteiger partial charge is 0.366 e. The van der Waals surface area contributed by atoms with E-state index in [-0.39, 0.29) is 6.42 Å². The highest BCUT2D eigenvalue weighted by Crippen LogP contribution is 2.33. The van der Waals surface area contributed by atoms with Crippen LogP contribution >= 0.6 is 0 Å². The molecule has 134 valence electrons. The molecule has 1 heterocycles. The van der Waals surface area contributed by atoms with Gasteiger partial charge in [0.2, 0.25) is 5.91 Å². The van der Waals surface area contributed by atoms with Gasteiger partial charge in [-0.25, -0.2) is 4.79 Å². The van der Waals surface area contributed by atoms with Gasteiger partial charge in [-0.15, -0.1) is 0 Å². The lowest BCUT2D eigenvalue weighted by atomic mass is 9.88. The number of methoxy groups -OCH3 is 2. The van der Waals surface area contributed by atoms with Crippen LogP contribution in [0.3, 0.4) is 0 Å². The third kappa shape index (κ3) is 4.16. The van der Waals surface area contributed by atoms with Gasteiger partial charge in [-0.05, 0) is 0 Å². The van der Waals surface area contributed by atoms with Gasteiger partial charge < -0.3 is 40.0 Å². The average Bonchev–Trinajstić information content (AvgIpc) is 2.53. The molecule has 1 fully saturated rings. The molecule has 0 aromatic heterocycles. The van der Waals surface area contributed by atoms with Crippen molar-refractivity contribution >= 4 is 11.9 Å². The van der Waals surface area contributed by atoms with E-state index in [0.29, 0.717) is 0 Å². The molecule has 23 heavy (non-hydrogen) atoms. The van der Waals surface area contributed by atoms with Crippen LogP contribution in [0, 0.1) is 0 Å². The van der Waals surface area contributed by atoms with E-state index in [9.17, 15) is 24.9 Å². The van der Waals surface area contributed by atoms with Crippen molar-refractivity contribution in [2.75, 3.05) is 20.8 Å². The maximum Gasteiger partial charge on any atom is 0.366 e. The van der Waals surface area contributed by atoms with Crippen molar-refractivity contribution in [3.8, 4) is 0 Å². The van der Waals surface area contributed by atoms with Gasteiger partial charge in [-0.3, -0.25) is 4.79 Å². The number of aliphatic hydroxyl groups excluding tert-OH is 4. The molecule has 0 spiro atoms. The van der Waals surface area contributed by atoms with Crippen LogP contribution in [0.1, 0.15) is 13.3 Å². The van der Waals surface area contributed by atoms with E-state index in [0.717, 1.165) is 14.2 Å². The van der Waals surface area contributed by atoms with Crippen molar-refractivity contribution in [1.82, 2.24) is 5.32 Å². The molecule has 1 saturated heterocycles. The summed E-state index contributed by atoms with van der Waals surface area (Å²) in [6, 6.07) is -1.13. The van der Waals surface area contributed by atoms with Crippen LogP contribution in [-0.2, 0) is 23.8 Å². The fourth-order valence-electron chi connectivity index (χ4n) is 2.49. The van der Waals surface area contributed by atoms with Crippen molar-refractivity contribution in [2.45, 2.75) is 49.6 Å². The van der Waals surface area contributed by atoms with E-state index in [2.05, 4.69) is 10.1 Å². The Morgan fingerprint density at radius 3 is 2.43 bits per heavy atom. The topological polar surface area (TPSA) is 155 Å². The molecule has 0 bridgehead atoms. The summed E-state index contributed by atoms with van der Waals surface area (Å²) in [4.78, 5) is 23.2. The van der Waals surface area contributed by atoms with Crippen LogP contribution in [0.5, 0.6) is 0 Å². The number of aliphatic hydroxyl groups is 4. The minimum absolute atomic E-state index is 0.362. The van der Waals surface area contributed by atoms with Gasteiger partial charge in [0.05, 0.1) is 25.9 Å². The predicted octanol–water partition coefficient (Wildman–Crippen LogP) is -3.13. The van der Waals surface area contributed by atoms with Crippen LogP contribution in [0.15, 0.2) is 0 Å². The Kier molecular flexibility index (Phi) is 6.86. The second-order valence-corrected chi connectivity index (χ2v) is 5.27. The van der Waals surface area contributed by atoms with Gasteiger partial charge in [0.15, 0.2) is 0 Å². The Balaban J connectivity index is 3.17. The number of ether oxygens (including phenoxy) is 3. The summed E-state index contributed by atoms with van der Waals surface area (Å²) in [5.74, 6) is -3.48. The summed E-state index contributed by atoms with van der Waals surface area (Å²) >= 11 is 0. The summed E-state index contributed by atoms with van der Waals surface area (Å²) in [6.07, 6.45) is -6.44. The number of rotatable bonds is 6. The van der Waals surface area contributed by atoms with E-state index >= 15 is 0 Å². The number of carbonyl (C=O) groups is 2. The fourth-order valence-corrected chi connectivity index (χ4v) is 2.49. The van der Waals surface area contributed by atoms with Crippen molar-refractivity contribution in [3.63, 3.8) is 0 Å². The predicted molar refractivity (Wildman–Crippen MR) is 74.0 cm³/mol. The van der Waals surface area contributed by atoms with E-state index in [1.54, 1.807) is 0 Å². The zero-order valence-electron chi connectivity index (χ0n) is 13.1. The molecule has 0 aromatic rings. The Bertz CT molecular complexity index is 432. The Hall–Kier alpha value is -1.30. The van der Waals surface area contributed by atoms with Crippen molar-refractivity contribution < 1.29 is 44.2 Å². The second kappa shape index (κ2) is 7.99. The van der Waals surface area contributed by atoms with Gasteiger partial charge in [0.1, 0.15) is 18.3 Å². The summed E-state index contributed by atoms with van der Waals surface area (Å²) in [7, 11) is 2.24. The Morgan fingerprint density at radius 2 is 2.00 bits per heavy atom. The molecule has 10 nitrogen and oxygen atoms in total. The maximum atomic E-state index is 11.9. The zero-order chi connectivity index (χ0) is 17.8. The third-order valence-electron chi connectivity index (χ3n) is 3.69. The minimum Gasteiger partial charge on any atom is -0.465 e. The van der Waals surface area contributed by atoms with Gasteiger partial charge in [-0.1, -0.05) is 0 Å². The molecule has 1 rings (SSSR count). The highest BCUT2D eigenvalue weighted by atomic mass is 16.7. The van der Waals surface area contributed by atoms with Crippen LogP contribution in [0.4, 0.5) is 0 Å². The molecular weight excluding hydrogens is 314 g/mol. The van der Waals surface area contributed by atoms with Gasteiger partial charge in [0, 0.05) is 20.5 Å². The molecular formula is C13H23NO9. The number of esters is 1. The highest BCUT2D eigenvalue weighted by molar-refractivity contribution is 5.78. The fraction of sp³-hybridized carbons (Fsp3) is 0.846. The highest BCUT2D eigenvalue weighted by Gasteiger charge is 2.55. The van der Waals surface area contributed by atoms with E-state index in [1.807, 2.05) is 0 Å². The number of hydrogen-bond donors (Lipinski definition) is 5. The lowest BCUT2D eigenvalue weighted by Crippen LogP contribution is -2.67. The van der Waals surface area contributed by atoms with E-state index < -0.39 is 54.7 Å². The number of amides is 1. The standard InChI is InChI=1S/C13H23NO9/c1-6(16)14-9-7(17)4-13(22-3,12(20)21-2)23-11(9)10(19)8(18)5-15/h7-11,15,17-19H,4-5H2,1-3H3,(H,14,16). The number of hydrogen-bond acceptors (Lipinski definition) is 9. The molecule has 5 N–H and O–H groups in total. The van der Waals surface area contributed by atoms with Crippen LogP contribution in [0.25, 0.3) is 0 Å². The number of carbonyl (C=O) groups excluding carboxylic acids is 2. The first-order valence-corrected chi connectivity index (χ1v) is 6.96. The Labute approximate surface area is 133 Å². The normalized spacial score (nSPS) is 33.6. The van der Waals surface area contributed by atoms with Crippen LogP contribution < -0.4 is 5.32 Å². The molecule has 1 amide bonds. The van der Waals surface area contributed by atoms with Gasteiger partial charge in [0.25, 0.3) is 5.79 Å². The van der Waals surface area contributed by atoms with E-state index in [4.69, 9.17) is 14.6 Å². The first kappa shape index (κ1) is 19.7. The molecule has 10 heteroatoms. The molecule has 0 aromatic carbocycles. The summed E-state index contributed by atoms with van der Waals surface area (Å²) in [5, 5.41) is 41.4. The molecule has 6 atom stereocenters. The van der Waals surface area contributed by atoms with E-state index in [1.165, 1.54) is 6.92 Å². The Morgan fingerprint density at radius 1 is 1.39 bits per heavy atom. The monoisotopic (exact) mass is 337 g/mol. The third-order valence-corrected chi connectivity index (χ3v) is 3.69. The zero-order valence-corrected chi connectivity index (χ0v) is 13.1. The molecule has 0 radical (unpaired) electrons. The van der Waals surface area contributed by atoms with Gasteiger partial charge >= 0.3 is 5.97 Å². The first-order valence-electron chi connectivity index (χ1n) is 6.96. The molecule has 1 aliphatic heterocycles. The quantitative estimate of drug-likeness (QED) is 0.316. The maximum absolute atomic E-state index is 11.9. The van der Waals surface area contributed by atoms with Crippen molar-refractivity contribution in [2.24, 2.45) is 0 Å². The molecule has 6 unspecified atom stereocenters. The first-order chi connectivity index (χ1) is 10.7. The van der Waals surface area contributed by atoms with Crippen LogP contribution in [0.2, 0.25) is 0 Å². The molecule has 1 aliphatic rings. The summed E-state index contributed by atoms with van der Waals surface area (Å²) in [6.45, 7) is 0.402. The number of nitrogens with one attached hydrogen (secondary N) is 1. The van der Waals surface area contributed by atoms with Crippen molar-refractivity contribution in [1.29, 1.82) is 0 Å². The second-order valence-electron chi connectivity index (χ2n) is 5.27. The lowest BCUT2D eigenvalue weighted by Gasteiger charge is -2.46. The lowest BCUT2D eigenvalue weighted by molar-refractivity contribution is -0.305. The largest absolute Gasteiger partial charge is 0.465 e. The summed E-state index contributed by atoms with van der Waals surface area (Å²) < 4.78 is 15.1. The van der Waals surface area contributed by atoms with Crippen LogP contribution in [-0.4, -0.2) is 89.4 Å². The molecule has 0 aliphatic carbocycles. The minimum atomic E-state index is -2.01. The van der Waals surface area contributed by atoms with Gasteiger partial charge in [-0.2, -0.15) is 0 Å². The molecule has 0 saturated carbocycles. The summed E-state index contributed by atoms with van der Waals surface area (Å²) in [5.41, 5.74) is 0.